The summed E-state index contributed by atoms with van der Waals surface area (Å²) in [5.74, 6) is -0.785. The van der Waals surface area contributed by atoms with Gasteiger partial charge in [-0.3, -0.25) is 14.2 Å². The van der Waals surface area contributed by atoms with E-state index in [-0.39, 0.29) is 5.56 Å². The fourth-order valence-corrected chi connectivity index (χ4v) is 2.28. The molecule has 128 valence electrons. The maximum atomic E-state index is 13.1. The molecular formula is C16H15Cl2FN2O3. The van der Waals surface area contributed by atoms with Gasteiger partial charge in [-0.05, 0) is 23.8 Å². The fourth-order valence-electron chi connectivity index (χ4n) is 2.15. The van der Waals surface area contributed by atoms with Crippen LogP contribution >= 0.6 is 23.2 Å². The van der Waals surface area contributed by atoms with E-state index in [2.05, 4.69) is 5.32 Å². The van der Waals surface area contributed by atoms with Crippen molar-refractivity contribution in [1.29, 1.82) is 0 Å². The standard InChI is InChI=1S/C16H15Cl2FN2O3/c17-15(18)16(24)20-12(9-19)14(23)10-4-6-11(7-5-10)21-8-2-1-3-13(21)22/h1-8,12,14-15,23H,9H2,(H,20,24)/t12-,14+/m1/s1. The summed E-state index contributed by atoms with van der Waals surface area (Å²) in [5.41, 5.74) is 0.778. The number of hydrogen-bond donors (Lipinski definition) is 2. The van der Waals surface area contributed by atoms with E-state index in [1.807, 2.05) is 0 Å². The molecule has 0 unspecified atom stereocenters. The van der Waals surface area contributed by atoms with Gasteiger partial charge in [0.2, 0.25) is 0 Å². The second-order valence-corrected chi connectivity index (χ2v) is 6.11. The van der Waals surface area contributed by atoms with Crippen LogP contribution in [0.5, 0.6) is 0 Å². The number of nitrogens with one attached hydrogen (secondary N) is 1. The number of amides is 1. The summed E-state index contributed by atoms with van der Waals surface area (Å²) < 4.78 is 14.5. The lowest BCUT2D eigenvalue weighted by Crippen LogP contribution is -2.43. The molecule has 1 aromatic carbocycles. The highest BCUT2D eigenvalue weighted by Gasteiger charge is 2.25. The molecule has 2 rings (SSSR count). The van der Waals surface area contributed by atoms with Gasteiger partial charge in [0.1, 0.15) is 12.8 Å². The zero-order valence-electron chi connectivity index (χ0n) is 12.4. The summed E-state index contributed by atoms with van der Waals surface area (Å²) in [6, 6.07) is 9.92. The van der Waals surface area contributed by atoms with Crippen LogP contribution in [0.15, 0.2) is 53.5 Å². The van der Waals surface area contributed by atoms with Crippen molar-refractivity contribution in [2.75, 3.05) is 6.67 Å². The van der Waals surface area contributed by atoms with Gasteiger partial charge in [0.25, 0.3) is 11.5 Å². The van der Waals surface area contributed by atoms with Gasteiger partial charge in [-0.15, -0.1) is 0 Å². The van der Waals surface area contributed by atoms with Gasteiger partial charge >= 0.3 is 0 Å². The van der Waals surface area contributed by atoms with E-state index in [1.165, 1.54) is 10.6 Å². The van der Waals surface area contributed by atoms with Crippen LogP contribution in [0.4, 0.5) is 4.39 Å². The molecule has 2 N–H and O–H groups in total. The third-order valence-corrected chi connectivity index (χ3v) is 3.80. The van der Waals surface area contributed by atoms with E-state index < -0.39 is 29.6 Å². The Morgan fingerprint density at radius 3 is 2.42 bits per heavy atom. The lowest BCUT2D eigenvalue weighted by molar-refractivity contribution is -0.121. The average molecular weight is 373 g/mol. The highest BCUT2D eigenvalue weighted by atomic mass is 35.5. The third kappa shape index (κ3) is 4.35. The monoisotopic (exact) mass is 372 g/mol. The molecule has 2 aromatic rings. The Labute approximate surface area is 147 Å². The van der Waals surface area contributed by atoms with Crippen molar-refractivity contribution in [3.63, 3.8) is 0 Å². The minimum Gasteiger partial charge on any atom is -0.386 e. The molecule has 8 heteroatoms. The molecular weight excluding hydrogens is 358 g/mol. The Morgan fingerprint density at radius 1 is 1.21 bits per heavy atom. The number of alkyl halides is 3. The van der Waals surface area contributed by atoms with Crippen molar-refractivity contribution in [2.45, 2.75) is 17.0 Å². The summed E-state index contributed by atoms with van der Waals surface area (Å²) >= 11 is 10.8. The minimum atomic E-state index is -1.35. The van der Waals surface area contributed by atoms with Gasteiger partial charge in [-0.25, -0.2) is 4.39 Å². The molecule has 0 aliphatic carbocycles. The van der Waals surface area contributed by atoms with Crippen molar-refractivity contribution in [3.8, 4) is 5.69 Å². The zero-order valence-corrected chi connectivity index (χ0v) is 13.9. The van der Waals surface area contributed by atoms with E-state index in [1.54, 1.807) is 42.6 Å². The van der Waals surface area contributed by atoms with Gasteiger partial charge in [0, 0.05) is 18.0 Å². The Morgan fingerprint density at radius 2 is 1.88 bits per heavy atom. The quantitative estimate of drug-likeness (QED) is 0.763. The first kappa shape index (κ1) is 18.4. The maximum absolute atomic E-state index is 13.1. The van der Waals surface area contributed by atoms with Crippen molar-refractivity contribution < 1.29 is 14.3 Å². The second kappa shape index (κ2) is 8.28. The van der Waals surface area contributed by atoms with Crippen LogP contribution in [0.2, 0.25) is 0 Å². The molecule has 1 heterocycles. The molecule has 0 radical (unpaired) electrons. The molecule has 0 fully saturated rings. The molecule has 0 aliphatic rings. The van der Waals surface area contributed by atoms with Crippen LogP contribution in [-0.2, 0) is 4.79 Å². The predicted molar refractivity (Wildman–Crippen MR) is 90.4 cm³/mol. The molecule has 24 heavy (non-hydrogen) atoms. The SMILES string of the molecule is O=C(N[C@H](CF)[C@@H](O)c1ccc(-n2ccccc2=O)cc1)C(Cl)Cl. The third-order valence-electron chi connectivity index (χ3n) is 3.41. The largest absolute Gasteiger partial charge is 0.386 e. The molecule has 0 bridgehead atoms. The Balaban J connectivity index is 2.18. The van der Waals surface area contributed by atoms with Crippen molar-refractivity contribution >= 4 is 29.1 Å². The first-order valence-corrected chi connectivity index (χ1v) is 7.92. The summed E-state index contributed by atoms with van der Waals surface area (Å²) in [7, 11) is 0. The number of aromatic nitrogens is 1. The van der Waals surface area contributed by atoms with Crippen LogP contribution in [-0.4, -0.2) is 33.1 Å². The lowest BCUT2D eigenvalue weighted by atomic mass is 10.0. The van der Waals surface area contributed by atoms with Gasteiger partial charge in [-0.1, -0.05) is 41.4 Å². The van der Waals surface area contributed by atoms with Gasteiger partial charge in [-0.2, -0.15) is 0 Å². The topological polar surface area (TPSA) is 71.3 Å². The van der Waals surface area contributed by atoms with Crippen molar-refractivity contribution in [1.82, 2.24) is 9.88 Å². The van der Waals surface area contributed by atoms with E-state index in [9.17, 15) is 19.1 Å². The number of pyridine rings is 1. The van der Waals surface area contributed by atoms with Gasteiger partial charge in [0.15, 0.2) is 4.84 Å². The van der Waals surface area contributed by atoms with E-state index in [0.29, 0.717) is 11.3 Å². The maximum Gasteiger partial charge on any atom is 0.255 e. The number of rotatable bonds is 6. The number of benzene rings is 1. The van der Waals surface area contributed by atoms with Crippen molar-refractivity contribution in [2.24, 2.45) is 0 Å². The van der Waals surface area contributed by atoms with Crippen LogP contribution in [0.25, 0.3) is 5.69 Å². The summed E-state index contributed by atoms with van der Waals surface area (Å²) in [6.45, 7) is -0.993. The molecule has 1 aromatic heterocycles. The highest BCUT2D eigenvalue weighted by molar-refractivity contribution is 6.53. The fraction of sp³-hybridized carbons (Fsp3) is 0.250. The zero-order chi connectivity index (χ0) is 17.7. The number of aliphatic hydroxyl groups is 1. The van der Waals surface area contributed by atoms with Crippen LogP contribution in [0, 0.1) is 0 Å². The molecule has 2 atom stereocenters. The number of aliphatic hydroxyl groups excluding tert-OH is 1. The Hall–Kier alpha value is -1.89. The number of nitrogens with zero attached hydrogens (tertiary/aromatic N) is 1. The number of hydrogen-bond acceptors (Lipinski definition) is 3. The van der Waals surface area contributed by atoms with E-state index in [0.717, 1.165) is 0 Å². The predicted octanol–water partition coefficient (Wildman–Crippen LogP) is 2.13. The number of carbonyl (C=O) groups excluding carboxylic acids is 1. The smallest absolute Gasteiger partial charge is 0.255 e. The van der Waals surface area contributed by atoms with Crippen molar-refractivity contribution in [3.05, 3.63) is 64.6 Å². The second-order valence-electron chi connectivity index (χ2n) is 5.02. The minimum absolute atomic E-state index is 0.199. The van der Waals surface area contributed by atoms with Crippen LogP contribution in [0.1, 0.15) is 11.7 Å². The van der Waals surface area contributed by atoms with Gasteiger partial charge < -0.3 is 10.4 Å². The molecule has 0 saturated heterocycles. The first-order chi connectivity index (χ1) is 11.4. The Kier molecular flexibility index (Phi) is 6.36. The summed E-state index contributed by atoms with van der Waals surface area (Å²) in [4.78, 5) is 21.9. The Bertz CT molecular complexity index is 749. The van der Waals surface area contributed by atoms with E-state index in [4.69, 9.17) is 23.2 Å². The molecule has 0 aliphatic heterocycles. The molecule has 0 spiro atoms. The normalized spacial score (nSPS) is 13.5. The van der Waals surface area contributed by atoms with Crippen LogP contribution < -0.4 is 10.9 Å². The average Bonchev–Trinajstić information content (AvgIpc) is 2.59. The summed E-state index contributed by atoms with van der Waals surface area (Å²) in [5, 5.41) is 12.5. The lowest BCUT2D eigenvalue weighted by Gasteiger charge is -2.22. The number of carbonyl (C=O) groups is 1. The summed E-state index contributed by atoms with van der Waals surface area (Å²) in [6.07, 6.45) is 0.326. The molecule has 5 nitrogen and oxygen atoms in total. The van der Waals surface area contributed by atoms with Crippen LogP contribution in [0.3, 0.4) is 0 Å². The van der Waals surface area contributed by atoms with E-state index >= 15 is 0 Å². The van der Waals surface area contributed by atoms with Gasteiger partial charge in [0.05, 0.1) is 6.04 Å². The first-order valence-electron chi connectivity index (χ1n) is 7.04. The number of halogens is 3. The molecule has 1 amide bonds. The molecule has 0 saturated carbocycles. The highest BCUT2D eigenvalue weighted by Crippen LogP contribution is 2.19.